The number of carbonyl (C=O) groups is 1. The predicted octanol–water partition coefficient (Wildman–Crippen LogP) is 3.61. The highest BCUT2D eigenvalue weighted by Crippen LogP contribution is 2.22. The lowest BCUT2D eigenvalue weighted by molar-refractivity contribution is -0.120. The maximum absolute atomic E-state index is 12.5. The lowest BCUT2D eigenvalue weighted by Gasteiger charge is -2.18. The molecule has 2 atom stereocenters. The number of phenols is 1. The molecule has 3 rings (SSSR count). The van der Waals surface area contributed by atoms with Crippen molar-refractivity contribution >= 4 is 5.91 Å². The summed E-state index contributed by atoms with van der Waals surface area (Å²) in [6, 6.07) is 19.1. The number of hydrogen-bond acceptors (Lipinski definition) is 5. The van der Waals surface area contributed by atoms with Gasteiger partial charge in [0.1, 0.15) is 5.75 Å². The Morgan fingerprint density at radius 1 is 0.943 bits per heavy atom. The highest BCUT2D eigenvalue weighted by atomic mass is 16.3. The third-order valence-corrected chi connectivity index (χ3v) is 6.28. The van der Waals surface area contributed by atoms with Gasteiger partial charge in [-0.2, -0.15) is 0 Å². The Morgan fingerprint density at radius 3 is 2.46 bits per heavy atom. The van der Waals surface area contributed by atoms with E-state index in [0.717, 1.165) is 23.1 Å². The van der Waals surface area contributed by atoms with Gasteiger partial charge in [-0.05, 0) is 72.7 Å². The summed E-state index contributed by atoms with van der Waals surface area (Å²) < 4.78 is 0. The zero-order chi connectivity index (χ0) is 25.4. The van der Waals surface area contributed by atoms with Crippen LogP contribution < -0.4 is 10.6 Å². The number of amides is 1. The first-order chi connectivity index (χ1) is 16.7. The van der Waals surface area contributed by atoms with Crippen molar-refractivity contribution in [2.24, 2.45) is 0 Å². The lowest BCUT2D eigenvalue weighted by atomic mass is 10.0. The molecular weight excluding hydrogens is 440 g/mol. The minimum absolute atomic E-state index is 0.00850. The standard InChI is InChI=1S/C29H36N2O4/c1-19-7-8-24(11-20(19)2)16-31-29(35)14-23-6-4-5-22(13-23)12-21(3)30-17-28(34)25-9-10-27(33)26(15-25)18-32/h4-11,13,15,21,28,30,32-34H,12,14,16-18H2,1-3H3,(H,31,35). The Balaban J connectivity index is 1.48. The Kier molecular flexibility index (Phi) is 9.43. The monoisotopic (exact) mass is 476 g/mol. The summed E-state index contributed by atoms with van der Waals surface area (Å²) in [6.07, 6.45) is 0.325. The van der Waals surface area contributed by atoms with E-state index in [0.29, 0.717) is 30.6 Å². The van der Waals surface area contributed by atoms with Gasteiger partial charge in [-0.1, -0.05) is 48.5 Å². The molecular formula is C29H36N2O4. The van der Waals surface area contributed by atoms with Gasteiger partial charge in [-0.15, -0.1) is 0 Å². The van der Waals surface area contributed by atoms with Gasteiger partial charge in [0.05, 0.1) is 19.1 Å². The largest absolute Gasteiger partial charge is 0.508 e. The third-order valence-electron chi connectivity index (χ3n) is 6.28. The quantitative estimate of drug-likeness (QED) is 0.291. The topological polar surface area (TPSA) is 102 Å². The molecule has 6 heteroatoms. The molecule has 0 bridgehead atoms. The molecule has 0 fully saturated rings. The molecule has 3 aromatic rings. The van der Waals surface area contributed by atoms with Gasteiger partial charge >= 0.3 is 0 Å². The molecule has 0 aliphatic carbocycles. The SMILES string of the molecule is Cc1ccc(CNC(=O)Cc2cccc(CC(C)NCC(O)c3ccc(O)c(CO)c3)c2)cc1C. The summed E-state index contributed by atoms with van der Waals surface area (Å²) in [5.74, 6) is 0.00871. The molecule has 5 N–H and O–H groups in total. The molecule has 1 amide bonds. The van der Waals surface area contributed by atoms with E-state index in [4.69, 9.17) is 0 Å². The van der Waals surface area contributed by atoms with E-state index < -0.39 is 6.10 Å². The van der Waals surface area contributed by atoms with Gasteiger partial charge in [0, 0.05) is 24.7 Å². The summed E-state index contributed by atoms with van der Waals surface area (Å²) in [5.41, 5.74) is 6.67. The average Bonchev–Trinajstić information content (AvgIpc) is 2.83. The predicted molar refractivity (Wildman–Crippen MR) is 138 cm³/mol. The summed E-state index contributed by atoms with van der Waals surface area (Å²) in [6.45, 7) is 6.78. The van der Waals surface area contributed by atoms with Crippen molar-refractivity contribution in [3.63, 3.8) is 0 Å². The van der Waals surface area contributed by atoms with Crippen LogP contribution in [0, 0.1) is 13.8 Å². The maximum atomic E-state index is 12.5. The van der Waals surface area contributed by atoms with Crippen LogP contribution in [-0.2, 0) is 30.8 Å². The number of carbonyl (C=O) groups excluding carboxylic acids is 1. The van der Waals surface area contributed by atoms with Crippen molar-refractivity contribution < 1.29 is 20.1 Å². The van der Waals surface area contributed by atoms with Crippen molar-refractivity contribution in [3.8, 4) is 5.75 Å². The van der Waals surface area contributed by atoms with Crippen LogP contribution in [0.1, 0.15) is 52.0 Å². The molecule has 186 valence electrons. The number of aromatic hydroxyl groups is 1. The Labute approximate surface area is 207 Å². The number of nitrogens with one attached hydrogen (secondary N) is 2. The molecule has 35 heavy (non-hydrogen) atoms. The minimum Gasteiger partial charge on any atom is -0.508 e. The van der Waals surface area contributed by atoms with Gasteiger partial charge in [-0.25, -0.2) is 0 Å². The van der Waals surface area contributed by atoms with Gasteiger partial charge < -0.3 is 26.0 Å². The van der Waals surface area contributed by atoms with Gasteiger partial charge in [0.2, 0.25) is 5.91 Å². The Bertz CT molecular complexity index is 1150. The molecule has 3 aromatic carbocycles. The van der Waals surface area contributed by atoms with E-state index in [1.807, 2.05) is 31.2 Å². The van der Waals surface area contributed by atoms with Crippen LogP contribution in [0.5, 0.6) is 5.75 Å². The van der Waals surface area contributed by atoms with Crippen LogP contribution in [0.3, 0.4) is 0 Å². The van der Waals surface area contributed by atoms with Crippen molar-refractivity contribution in [1.29, 1.82) is 0 Å². The molecule has 0 radical (unpaired) electrons. The van der Waals surface area contributed by atoms with Crippen LogP contribution in [-0.4, -0.2) is 33.8 Å². The van der Waals surface area contributed by atoms with Crippen molar-refractivity contribution in [2.75, 3.05) is 6.54 Å². The molecule has 2 unspecified atom stereocenters. The molecule has 6 nitrogen and oxygen atoms in total. The highest BCUT2D eigenvalue weighted by molar-refractivity contribution is 5.78. The van der Waals surface area contributed by atoms with Crippen LogP contribution in [0.2, 0.25) is 0 Å². The van der Waals surface area contributed by atoms with E-state index in [1.165, 1.54) is 17.2 Å². The second kappa shape index (κ2) is 12.5. The molecule has 0 saturated heterocycles. The van der Waals surface area contributed by atoms with Gasteiger partial charge in [0.25, 0.3) is 0 Å². The molecule has 0 aliphatic rings. The van der Waals surface area contributed by atoms with E-state index in [2.05, 4.69) is 42.7 Å². The number of rotatable bonds is 11. The second-order valence-corrected chi connectivity index (χ2v) is 9.27. The molecule has 0 saturated carbocycles. The number of aryl methyl sites for hydroxylation is 2. The minimum atomic E-state index is -0.754. The molecule has 0 heterocycles. The van der Waals surface area contributed by atoms with Crippen molar-refractivity contribution in [2.45, 2.75) is 58.9 Å². The molecule has 0 aromatic heterocycles. The fraction of sp³-hybridized carbons (Fsp3) is 0.345. The zero-order valence-corrected chi connectivity index (χ0v) is 20.7. The van der Waals surface area contributed by atoms with Crippen LogP contribution in [0.25, 0.3) is 0 Å². The normalized spacial score (nSPS) is 12.8. The fourth-order valence-electron chi connectivity index (χ4n) is 4.02. The van der Waals surface area contributed by atoms with Crippen molar-refractivity contribution in [3.05, 3.63) is 99.6 Å². The molecule has 0 spiro atoms. The zero-order valence-electron chi connectivity index (χ0n) is 20.7. The van der Waals surface area contributed by atoms with Crippen LogP contribution >= 0.6 is 0 Å². The number of aliphatic hydroxyl groups is 2. The third kappa shape index (κ3) is 7.92. The van der Waals surface area contributed by atoms with E-state index in [1.54, 1.807) is 12.1 Å². The number of aliphatic hydroxyl groups excluding tert-OH is 2. The summed E-state index contributed by atoms with van der Waals surface area (Å²) in [4.78, 5) is 12.5. The van der Waals surface area contributed by atoms with Crippen molar-refractivity contribution in [1.82, 2.24) is 10.6 Å². The fourth-order valence-corrected chi connectivity index (χ4v) is 4.02. The Hall–Kier alpha value is -3.19. The van der Waals surface area contributed by atoms with E-state index >= 15 is 0 Å². The first-order valence-corrected chi connectivity index (χ1v) is 12.0. The summed E-state index contributed by atoms with van der Waals surface area (Å²) >= 11 is 0. The highest BCUT2D eigenvalue weighted by Gasteiger charge is 2.13. The van der Waals surface area contributed by atoms with Crippen LogP contribution in [0.4, 0.5) is 0 Å². The van der Waals surface area contributed by atoms with E-state index in [9.17, 15) is 20.1 Å². The van der Waals surface area contributed by atoms with Gasteiger partial charge in [-0.3, -0.25) is 4.79 Å². The first-order valence-electron chi connectivity index (χ1n) is 12.0. The Morgan fingerprint density at radius 2 is 1.71 bits per heavy atom. The maximum Gasteiger partial charge on any atom is 0.224 e. The first kappa shape index (κ1) is 26.4. The van der Waals surface area contributed by atoms with Gasteiger partial charge in [0.15, 0.2) is 0 Å². The average molecular weight is 477 g/mol. The number of benzene rings is 3. The second-order valence-electron chi connectivity index (χ2n) is 9.27. The molecule has 0 aliphatic heterocycles. The summed E-state index contributed by atoms with van der Waals surface area (Å²) in [5, 5.41) is 35.8. The summed E-state index contributed by atoms with van der Waals surface area (Å²) in [7, 11) is 0. The number of hydrogen-bond donors (Lipinski definition) is 5. The lowest BCUT2D eigenvalue weighted by Crippen LogP contribution is -2.32. The van der Waals surface area contributed by atoms with E-state index in [-0.39, 0.29) is 24.3 Å². The smallest absolute Gasteiger partial charge is 0.224 e. The van der Waals surface area contributed by atoms with Crippen LogP contribution in [0.15, 0.2) is 60.7 Å².